The lowest BCUT2D eigenvalue weighted by molar-refractivity contribution is -0.146. The topological polar surface area (TPSA) is 93.4 Å². The molecule has 1 aromatic carbocycles. The minimum absolute atomic E-state index is 0.0375. The molecule has 1 aliphatic rings. The highest BCUT2D eigenvalue weighted by Gasteiger charge is 2.38. The maximum absolute atomic E-state index is 13.2. The molecule has 1 atom stereocenters. The summed E-state index contributed by atoms with van der Waals surface area (Å²) in [7, 11) is 0. The van der Waals surface area contributed by atoms with Crippen molar-refractivity contribution in [3.05, 3.63) is 35.2 Å². The smallest absolute Gasteiger partial charge is 0.453 e. The molecule has 0 saturated heterocycles. The van der Waals surface area contributed by atoms with Crippen molar-refractivity contribution in [3.8, 4) is 5.75 Å². The number of halogens is 3. The van der Waals surface area contributed by atoms with E-state index in [0.29, 0.717) is 32.8 Å². The molecule has 3 heterocycles. The molecule has 0 radical (unpaired) electrons. The molecule has 11 heteroatoms. The molecule has 8 nitrogen and oxygen atoms in total. The summed E-state index contributed by atoms with van der Waals surface area (Å²) in [6.07, 6.45) is -5.29. The van der Waals surface area contributed by atoms with Crippen molar-refractivity contribution in [2.24, 2.45) is 0 Å². The van der Waals surface area contributed by atoms with Gasteiger partial charge >= 0.3 is 6.18 Å². The second-order valence-electron chi connectivity index (χ2n) is 6.44. The number of aryl methyl sites for hydroxylation is 1. The summed E-state index contributed by atoms with van der Waals surface area (Å²) in [5.41, 5.74) is 2.16. The number of carbonyl (C=O) groups excluding carboxylic acids is 1. The number of nitrogens with one attached hydrogen (secondary N) is 2. The van der Waals surface area contributed by atoms with Gasteiger partial charge in [-0.1, -0.05) is 0 Å². The van der Waals surface area contributed by atoms with Gasteiger partial charge in [-0.15, -0.1) is 15.3 Å². The lowest BCUT2D eigenvalue weighted by atomic mass is 10.1. The molecule has 0 saturated carbocycles. The van der Waals surface area contributed by atoms with E-state index >= 15 is 0 Å². The molecule has 1 unspecified atom stereocenters. The predicted octanol–water partition coefficient (Wildman–Crippen LogP) is 3.22. The normalized spacial score (nSPS) is 16.5. The molecule has 2 N–H and O–H groups in total. The molecular weight excluding hydrogens is 377 g/mol. The number of anilines is 3. The van der Waals surface area contributed by atoms with Crippen molar-refractivity contribution in [1.82, 2.24) is 19.8 Å². The second kappa shape index (κ2) is 6.08. The Labute approximate surface area is 156 Å². The van der Waals surface area contributed by atoms with Gasteiger partial charge in [0, 0.05) is 16.8 Å². The first-order valence-electron chi connectivity index (χ1n) is 8.33. The van der Waals surface area contributed by atoms with Gasteiger partial charge in [-0.3, -0.25) is 4.79 Å². The van der Waals surface area contributed by atoms with Crippen LogP contribution in [0.2, 0.25) is 0 Å². The van der Waals surface area contributed by atoms with E-state index in [0.717, 1.165) is 0 Å². The zero-order valence-electron chi connectivity index (χ0n) is 15.0. The third-order valence-corrected chi connectivity index (χ3v) is 4.52. The number of ether oxygens (including phenoxy) is 1. The third-order valence-electron chi connectivity index (χ3n) is 4.52. The van der Waals surface area contributed by atoms with Crippen LogP contribution < -0.4 is 15.4 Å². The minimum Gasteiger partial charge on any atom is -0.479 e. The molecule has 28 heavy (non-hydrogen) atoms. The van der Waals surface area contributed by atoms with Crippen LogP contribution in [0.15, 0.2) is 18.2 Å². The highest BCUT2D eigenvalue weighted by Crippen LogP contribution is 2.34. The van der Waals surface area contributed by atoms with E-state index in [1.54, 1.807) is 39.0 Å². The molecule has 4 rings (SSSR count). The Hall–Kier alpha value is -3.37. The minimum atomic E-state index is -4.69. The quantitative estimate of drug-likeness (QED) is 0.696. The first kappa shape index (κ1) is 18.0. The van der Waals surface area contributed by atoms with Gasteiger partial charge in [0.1, 0.15) is 5.75 Å². The molecule has 146 valence electrons. The summed E-state index contributed by atoms with van der Waals surface area (Å²) in [6.45, 7) is 5.00. The number of alkyl halides is 3. The molecule has 2 aromatic heterocycles. The third kappa shape index (κ3) is 2.88. The van der Waals surface area contributed by atoms with Crippen molar-refractivity contribution < 1.29 is 22.7 Å². The summed E-state index contributed by atoms with van der Waals surface area (Å²) in [4.78, 5) is 11.8. The van der Waals surface area contributed by atoms with Crippen LogP contribution in [0, 0.1) is 13.8 Å². The van der Waals surface area contributed by atoms with Crippen molar-refractivity contribution in [3.63, 3.8) is 0 Å². The van der Waals surface area contributed by atoms with Crippen LogP contribution in [-0.4, -0.2) is 31.8 Å². The monoisotopic (exact) mass is 392 g/mol. The number of fused-ring (bicyclic) bond motifs is 2. The van der Waals surface area contributed by atoms with Gasteiger partial charge < -0.3 is 15.4 Å². The molecular formula is C17H15F3N6O2. The Morgan fingerprint density at radius 1 is 1.21 bits per heavy atom. The number of hydrogen-bond donors (Lipinski definition) is 2. The fraction of sp³-hybridized carbons (Fsp3) is 0.294. The van der Waals surface area contributed by atoms with Crippen LogP contribution in [0.1, 0.15) is 23.9 Å². The zero-order valence-corrected chi connectivity index (χ0v) is 15.0. The van der Waals surface area contributed by atoms with Gasteiger partial charge in [-0.2, -0.15) is 17.7 Å². The van der Waals surface area contributed by atoms with Crippen LogP contribution in [0.25, 0.3) is 5.65 Å². The molecule has 1 aliphatic heterocycles. The Bertz CT molecular complexity index is 1110. The number of benzene rings is 1. The van der Waals surface area contributed by atoms with Crippen molar-refractivity contribution >= 4 is 28.7 Å². The van der Waals surface area contributed by atoms with Crippen LogP contribution in [0.3, 0.4) is 0 Å². The Morgan fingerprint density at radius 2 is 1.96 bits per heavy atom. The van der Waals surface area contributed by atoms with Gasteiger partial charge in [-0.05, 0) is 39.0 Å². The van der Waals surface area contributed by atoms with E-state index in [9.17, 15) is 18.0 Å². The van der Waals surface area contributed by atoms with Crippen molar-refractivity contribution in [2.45, 2.75) is 33.1 Å². The van der Waals surface area contributed by atoms with E-state index in [2.05, 4.69) is 25.9 Å². The summed E-state index contributed by atoms with van der Waals surface area (Å²) >= 11 is 0. The van der Waals surface area contributed by atoms with Crippen molar-refractivity contribution in [1.29, 1.82) is 0 Å². The lowest BCUT2D eigenvalue weighted by Crippen LogP contribution is -2.34. The van der Waals surface area contributed by atoms with E-state index in [4.69, 9.17) is 4.74 Å². The highest BCUT2D eigenvalue weighted by molar-refractivity contribution is 5.98. The fourth-order valence-electron chi connectivity index (χ4n) is 2.85. The highest BCUT2D eigenvalue weighted by atomic mass is 19.4. The standard InChI is InChI=1S/C17H15F3N6O2/c1-7-8(2)14-23-24-16(17(18,19)20)26(14)25-13(7)21-10-4-5-12-11(6-10)22-15(27)9(3)28-12/h4-6,9H,1-3H3,(H,21,25)(H,22,27). The molecule has 0 bridgehead atoms. The summed E-state index contributed by atoms with van der Waals surface area (Å²) in [5, 5.41) is 16.6. The van der Waals surface area contributed by atoms with Crippen molar-refractivity contribution in [2.75, 3.05) is 10.6 Å². The molecule has 3 aromatic rings. The maximum atomic E-state index is 13.2. The number of rotatable bonds is 2. The largest absolute Gasteiger partial charge is 0.479 e. The van der Waals surface area contributed by atoms with E-state index in [1.807, 2.05) is 0 Å². The maximum Gasteiger partial charge on any atom is 0.453 e. The average Bonchev–Trinajstić information content (AvgIpc) is 3.05. The Kier molecular flexibility index (Phi) is 3.91. The first-order valence-corrected chi connectivity index (χ1v) is 8.33. The summed E-state index contributed by atoms with van der Waals surface area (Å²) < 4.78 is 45.7. The SMILES string of the molecule is Cc1c(Nc2ccc3c(c2)NC(=O)C(C)O3)nn2c(C(F)(F)F)nnc2c1C. The van der Waals surface area contributed by atoms with Crippen LogP contribution in [-0.2, 0) is 11.0 Å². The first-order chi connectivity index (χ1) is 13.1. The van der Waals surface area contributed by atoms with Crippen LogP contribution in [0.5, 0.6) is 5.75 Å². The van der Waals surface area contributed by atoms with E-state index in [-0.39, 0.29) is 17.4 Å². The van der Waals surface area contributed by atoms with Crippen LogP contribution >= 0.6 is 0 Å². The number of hydrogen-bond acceptors (Lipinski definition) is 6. The molecule has 0 fully saturated rings. The average molecular weight is 392 g/mol. The van der Waals surface area contributed by atoms with Gasteiger partial charge in [0.05, 0.1) is 5.69 Å². The molecule has 1 amide bonds. The molecule has 0 aliphatic carbocycles. The Balaban J connectivity index is 1.75. The fourth-order valence-corrected chi connectivity index (χ4v) is 2.85. The summed E-state index contributed by atoms with van der Waals surface area (Å²) in [6, 6.07) is 4.96. The second-order valence-corrected chi connectivity index (χ2v) is 6.44. The number of aromatic nitrogens is 4. The van der Waals surface area contributed by atoms with E-state index < -0.39 is 18.1 Å². The van der Waals surface area contributed by atoms with Gasteiger partial charge in [0.25, 0.3) is 11.7 Å². The van der Waals surface area contributed by atoms with Gasteiger partial charge in [0.15, 0.2) is 17.6 Å². The summed E-state index contributed by atoms with van der Waals surface area (Å²) in [5.74, 6) is -0.761. The van der Waals surface area contributed by atoms with Crippen LogP contribution in [0.4, 0.5) is 30.4 Å². The number of nitrogens with zero attached hydrogens (tertiary/aromatic N) is 4. The zero-order chi connectivity index (χ0) is 20.2. The van der Waals surface area contributed by atoms with E-state index in [1.165, 1.54) is 0 Å². The number of amides is 1. The number of carbonyl (C=O) groups is 1. The van der Waals surface area contributed by atoms with Gasteiger partial charge in [-0.25, -0.2) is 0 Å². The molecule has 0 spiro atoms. The van der Waals surface area contributed by atoms with Gasteiger partial charge in [0.2, 0.25) is 0 Å². The predicted molar refractivity (Wildman–Crippen MR) is 93.7 cm³/mol. The lowest BCUT2D eigenvalue weighted by Gasteiger charge is -2.24. The Morgan fingerprint density at radius 3 is 2.68 bits per heavy atom.